The summed E-state index contributed by atoms with van der Waals surface area (Å²) in [5.41, 5.74) is 0.521. The molecule has 1 unspecified atom stereocenters. The molecule has 3 nitrogen and oxygen atoms in total. The minimum Gasteiger partial charge on any atom is -0.396 e. The average molecular weight is 377 g/mol. The van der Waals surface area contributed by atoms with Gasteiger partial charge >= 0.3 is 9.28 Å². The van der Waals surface area contributed by atoms with Crippen molar-refractivity contribution in [1.29, 1.82) is 0 Å². The highest BCUT2D eigenvalue weighted by Gasteiger charge is 2.21. The zero-order chi connectivity index (χ0) is 18.0. The minimum atomic E-state index is -1.55. The molecule has 0 aromatic carbocycles. The summed E-state index contributed by atoms with van der Waals surface area (Å²) in [6, 6.07) is 0. The molecule has 0 heterocycles. The second-order valence-corrected chi connectivity index (χ2v) is 10.3. The van der Waals surface area contributed by atoms with E-state index in [0.717, 1.165) is 57.5 Å². The third-order valence-electron chi connectivity index (χ3n) is 3.99. The highest BCUT2D eigenvalue weighted by atomic mass is 32.2. The van der Waals surface area contributed by atoms with Crippen molar-refractivity contribution < 1.29 is 13.6 Å². The second kappa shape index (κ2) is 18.0. The first-order valence-electron chi connectivity index (χ1n) is 10.0. The Morgan fingerprint density at radius 1 is 0.917 bits per heavy atom. The summed E-state index contributed by atoms with van der Waals surface area (Å²) in [6.07, 6.45) is 11.1. The van der Waals surface area contributed by atoms with Crippen LogP contribution in [0.3, 0.4) is 0 Å². The monoisotopic (exact) mass is 376 g/mol. The third-order valence-corrected chi connectivity index (χ3v) is 7.40. The van der Waals surface area contributed by atoms with Gasteiger partial charge in [0.1, 0.15) is 0 Å². The van der Waals surface area contributed by atoms with Crippen LogP contribution in [-0.2, 0) is 13.6 Å². The van der Waals surface area contributed by atoms with Gasteiger partial charge in [0.05, 0.1) is 0 Å². The maximum Gasteiger partial charge on any atom is 0.324 e. The lowest BCUT2D eigenvalue weighted by Gasteiger charge is -2.22. The van der Waals surface area contributed by atoms with Crippen molar-refractivity contribution in [3.8, 4) is 0 Å². The maximum absolute atomic E-state index is 11.9. The van der Waals surface area contributed by atoms with Crippen LogP contribution in [0.2, 0.25) is 5.54 Å². The number of thioether (sulfide) groups is 1. The van der Waals surface area contributed by atoms with Gasteiger partial charge in [-0.2, -0.15) is 0 Å². The van der Waals surface area contributed by atoms with E-state index in [0.29, 0.717) is 10.7 Å². The molecular weight excluding hydrogens is 336 g/mol. The van der Waals surface area contributed by atoms with Crippen LogP contribution >= 0.6 is 11.8 Å². The van der Waals surface area contributed by atoms with Gasteiger partial charge in [0, 0.05) is 25.4 Å². The van der Waals surface area contributed by atoms with Gasteiger partial charge in [-0.3, -0.25) is 4.79 Å². The Kier molecular flexibility index (Phi) is 18.1. The van der Waals surface area contributed by atoms with Crippen LogP contribution in [0.5, 0.6) is 0 Å². The minimum absolute atomic E-state index is 0.373. The smallest absolute Gasteiger partial charge is 0.324 e. The molecule has 0 bridgehead atoms. The number of unbranched alkanes of at least 4 members (excludes halogenated alkanes) is 4. The van der Waals surface area contributed by atoms with E-state index in [2.05, 4.69) is 27.7 Å². The molecular formula is C19H40O3SSi. The number of rotatable bonds is 17. The summed E-state index contributed by atoms with van der Waals surface area (Å²) in [5.74, 6) is 0.945. The van der Waals surface area contributed by atoms with E-state index in [4.69, 9.17) is 8.85 Å². The molecule has 0 N–H and O–H groups in total. The third kappa shape index (κ3) is 14.5. The second-order valence-electron chi connectivity index (χ2n) is 6.61. The van der Waals surface area contributed by atoms with Crippen LogP contribution in [0.15, 0.2) is 0 Å². The molecule has 0 aliphatic rings. The SMILES string of the molecule is CCCCCCCC(=O)SCCCC(C)[SiH](OCCC)OCCC. The van der Waals surface area contributed by atoms with Gasteiger partial charge in [0.25, 0.3) is 0 Å². The molecule has 0 radical (unpaired) electrons. The molecule has 0 aliphatic carbocycles. The summed E-state index contributed by atoms with van der Waals surface area (Å²) in [5, 5.41) is 0.373. The fraction of sp³-hybridized carbons (Fsp3) is 0.947. The van der Waals surface area contributed by atoms with Gasteiger partial charge < -0.3 is 8.85 Å². The van der Waals surface area contributed by atoms with Crippen molar-refractivity contribution in [3.63, 3.8) is 0 Å². The number of hydrogen-bond donors (Lipinski definition) is 0. The van der Waals surface area contributed by atoms with E-state index in [9.17, 15) is 4.79 Å². The predicted molar refractivity (Wildman–Crippen MR) is 109 cm³/mol. The van der Waals surface area contributed by atoms with Gasteiger partial charge in [0.2, 0.25) is 0 Å². The molecule has 5 heteroatoms. The first-order chi connectivity index (χ1) is 11.7. The molecule has 0 rings (SSSR count). The van der Waals surface area contributed by atoms with Crippen molar-refractivity contribution in [1.82, 2.24) is 0 Å². The van der Waals surface area contributed by atoms with E-state index >= 15 is 0 Å². The van der Waals surface area contributed by atoms with E-state index in [1.807, 2.05) is 0 Å². The Hall–Kier alpha value is 0.157. The van der Waals surface area contributed by atoms with Gasteiger partial charge in [-0.1, -0.05) is 65.1 Å². The van der Waals surface area contributed by atoms with Gasteiger partial charge in [-0.25, -0.2) is 0 Å². The fourth-order valence-corrected chi connectivity index (χ4v) is 5.54. The number of carbonyl (C=O) groups excluding carboxylic acids is 1. The van der Waals surface area contributed by atoms with E-state index in [1.165, 1.54) is 37.4 Å². The Labute approximate surface area is 156 Å². The Morgan fingerprint density at radius 2 is 1.54 bits per heavy atom. The topological polar surface area (TPSA) is 35.5 Å². The van der Waals surface area contributed by atoms with E-state index in [1.54, 1.807) is 0 Å². The Bertz CT molecular complexity index is 282. The molecule has 1 atom stereocenters. The lowest BCUT2D eigenvalue weighted by Crippen LogP contribution is -2.28. The van der Waals surface area contributed by atoms with Crippen LogP contribution in [0, 0.1) is 0 Å². The summed E-state index contributed by atoms with van der Waals surface area (Å²) in [7, 11) is -1.55. The average Bonchev–Trinajstić information content (AvgIpc) is 2.58. The lowest BCUT2D eigenvalue weighted by molar-refractivity contribution is -0.111. The molecule has 144 valence electrons. The first kappa shape index (κ1) is 24.2. The molecule has 0 aliphatic heterocycles. The van der Waals surface area contributed by atoms with Gasteiger partial charge in [-0.05, 0) is 37.6 Å². The maximum atomic E-state index is 11.9. The highest BCUT2D eigenvalue weighted by Crippen LogP contribution is 2.21. The Balaban J connectivity index is 3.75. The summed E-state index contributed by atoms with van der Waals surface area (Å²) in [4.78, 5) is 11.9. The van der Waals surface area contributed by atoms with Crippen molar-refractivity contribution in [2.45, 2.75) is 97.4 Å². The highest BCUT2D eigenvalue weighted by molar-refractivity contribution is 8.13. The lowest BCUT2D eigenvalue weighted by atomic mass is 10.1. The van der Waals surface area contributed by atoms with Crippen LogP contribution < -0.4 is 0 Å². The molecule has 0 aromatic heterocycles. The quantitative estimate of drug-likeness (QED) is 0.235. The molecule has 24 heavy (non-hydrogen) atoms. The molecule has 0 amide bonds. The summed E-state index contributed by atoms with van der Waals surface area (Å²) < 4.78 is 11.9. The number of carbonyl (C=O) groups is 1. The van der Waals surface area contributed by atoms with Gasteiger partial charge in [-0.15, -0.1) is 0 Å². The van der Waals surface area contributed by atoms with Crippen LogP contribution in [0.25, 0.3) is 0 Å². The molecule has 0 spiro atoms. The van der Waals surface area contributed by atoms with Gasteiger partial charge in [0.15, 0.2) is 5.12 Å². The molecule has 0 aromatic rings. The first-order valence-corrected chi connectivity index (χ1v) is 12.6. The fourth-order valence-electron chi connectivity index (χ4n) is 2.52. The zero-order valence-electron chi connectivity index (χ0n) is 16.5. The normalized spacial score (nSPS) is 12.7. The van der Waals surface area contributed by atoms with Crippen molar-refractivity contribution in [2.24, 2.45) is 0 Å². The number of hydrogen-bond acceptors (Lipinski definition) is 4. The van der Waals surface area contributed by atoms with Crippen LogP contribution in [-0.4, -0.2) is 33.4 Å². The summed E-state index contributed by atoms with van der Waals surface area (Å²) in [6.45, 7) is 10.4. The predicted octanol–water partition coefficient (Wildman–Crippen LogP) is 5.85. The summed E-state index contributed by atoms with van der Waals surface area (Å²) >= 11 is 1.52. The van der Waals surface area contributed by atoms with E-state index < -0.39 is 9.28 Å². The van der Waals surface area contributed by atoms with E-state index in [-0.39, 0.29) is 0 Å². The van der Waals surface area contributed by atoms with Crippen molar-refractivity contribution >= 4 is 26.2 Å². The largest absolute Gasteiger partial charge is 0.396 e. The molecule has 0 saturated carbocycles. The van der Waals surface area contributed by atoms with Crippen molar-refractivity contribution in [2.75, 3.05) is 19.0 Å². The zero-order valence-corrected chi connectivity index (χ0v) is 18.5. The molecule has 0 fully saturated rings. The van der Waals surface area contributed by atoms with Crippen LogP contribution in [0.4, 0.5) is 0 Å². The molecule has 0 saturated heterocycles. The standard InChI is InChI=1S/C19H40O3SSi/c1-5-8-9-10-11-14-19(20)23-17-12-13-18(4)24(21-15-6-2)22-16-7-3/h18,24H,5-17H2,1-4H3. The Morgan fingerprint density at radius 3 is 2.12 bits per heavy atom. The van der Waals surface area contributed by atoms with Crippen molar-refractivity contribution in [3.05, 3.63) is 0 Å². The van der Waals surface area contributed by atoms with Crippen LogP contribution in [0.1, 0.15) is 91.9 Å².